The molecule has 1 aromatic heterocycles. The summed E-state index contributed by atoms with van der Waals surface area (Å²) in [6.45, 7) is 0. The van der Waals surface area contributed by atoms with Gasteiger partial charge >= 0.3 is 0 Å². The number of ether oxygens (including phenoxy) is 1. The van der Waals surface area contributed by atoms with E-state index in [1.807, 2.05) is 48.5 Å². The van der Waals surface area contributed by atoms with Gasteiger partial charge in [-0.05, 0) is 48.1 Å². The second kappa shape index (κ2) is 7.28. The monoisotopic (exact) mass is 377 g/mol. The Balaban J connectivity index is 1.75. The highest BCUT2D eigenvalue weighted by atomic mass is 32.1. The summed E-state index contributed by atoms with van der Waals surface area (Å²) in [4.78, 5) is 8.96. The molecule has 7 heteroatoms. The number of aromatic nitrogens is 2. The van der Waals surface area contributed by atoms with Crippen molar-refractivity contribution in [3.05, 3.63) is 66.0 Å². The van der Waals surface area contributed by atoms with Crippen LogP contribution in [0.5, 0.6) is 5.75 Å². The van der Waals surface area contributed by atoms with E-state index in [0.29, 0.717) is 5.11 Å². The number of rotatable bonds is 3. The molecule has 27 heavy (non-hydrogen) atoms. The number of thiocarbonyl (C=S) groups is 1. The third kappa shape index (κ3) is 3.21. The van der Waals surface area contributed by atoms with E-state index in [1.54, 1.807) is 19.5 Å². The van der Waals surface area contributed by atoms with Gasteiger partial charge in [-0.15, -0.1) is 0 Å². The first-order valence-electron chi connectivity index (χ1n) is 8.63. The second-order valence-corrected chi connectivity index (χ2v) is 6.55. The van der Waals surface area contributed by atoms with Crippen molar-refractivity contribution in [2.45, 2.75) is 12.5 Å². The summed E-state index contributed by atoms with van der Waals surface area (Å²) < 4.78 is 5.25. The first-order valence-corrected chi connectivity index (χ1v) is 9.04. The van der Waals surface area contributed by atoms with Crippen LogP contribution in [0.3, 0.4) is 0 Å². The van der Waals surface area contributed by atoms with E-state index in [0.717, 1.165) is 40.0 Å². The van der Waals surface area contributed by atoms with Crippen molar-refractivity contribution in [1.29, 1.82) is 0 Å². The number of benzene rings is 2. The molecule has 3 aromatic rings. The Morgan fingerprint density at radius 2 is 1.93 bits per heavy atom. The van der Waals surface area contributed by atoms with E-state index in [4.69, 9.17) is 22.1 Å². The lowest BCUT2D eigenvalue weighted by atomic mass is 9.97. The molecular weight excluding hydrogens is 358 g/mol. The molecule has 0 radical (unpaired) electrons. The molecule has 0 aliphatic carbocycles. The van der Waals surface area contributed by atoms with Gasteiger partial charge in [0.25, 0.3) is 0 Å². The molecule has 1 atom stereocenters. The van der Waals surface area contributed by atoms with Crippen LogP contribution in [0, 0.1) is 0 Å². The van der Waals surface area contributed by atoms with Crippen LogP contribution in [0.15, 0.2) is 60.0 Å². The average molecular weight is 377 g/mol. The third-order valence-corrected chi connectivity index (χ3v) is 5.04. The zero-order valence-electron chi connectivity index (χ0n) is 15.1. The number of nitrogens with zero attached hydrogens (tertiary/aromatic N) is 4. The van der Waals surface area contributed by atoms with Crippen LogP contribution in [-0.4, -0.2) is 40.0 Å². The fourth-order valence-electron chi connectivity index (χ4n) is 3.30. The Hall–Kier alpha value is -3.06. The van der Waals surface area contributed by atoms with Crippen LogP contribution < -0.4 is 10.1 Å². The second-order valence-electron chi connectivity index (χ2n) is 6.17. The predicted molar refractivity (Wildman–Crippen MR) is 110 cm³/mol. The number of hydrogen-bond donors (Lipinski definition) is 1. The van der Waals surface area contributed by atoms with Crippen LogP contribution in [0.1, 0.15) is 23.6 Å². The molecule has 1 aliphatic heterocycles. The Morgan fingerprint density at radius 3 is 2.67 bits per heavy atom. The van der Waals surface area contributed by atoms with Gasteiger partial charge < -0.3 is 10.1 Å². The summed E-state index contributed by atoms with van der Waals surface area (Å²) in [5.74, 6) is 0.820. The van der Waals surface area contributed by atoms with Crippen molar-refractivity contribution in [2.75, 3.05) is 14.2 Å². The van der Waals surface area contributed by atoms with Crippen molar-refractivity contribution in [2.24, 2.45) is 5.10 Å². The summed E-state index contributed by atoms with van der Waals surface area (Å²) in [6, 6.07) is 13.9. The van der Waals surface area contributed by atoms with Gasteiger partial charge in [-0.2, -0.15) is 5.10 Å². The standard InChI is InChI=1S/C20H19N5OS/c1-21-20(27)25-18(15-4-3-5-16-19(15)23-11-10-22-16)12-17(24-25)13-6-8-14(26-2)9-7-13/h3-11,18H,12H2,1-2H3,(H,21,27)/t18-/m0/s1. The molecule has 4 rings (SSSR count). The zero-order valence-corrected chi connectivity index (χ0v) is 15.9. The van der Waals surface area contributed by atoms with Gasteiger partial charge in [0.05, 0.1) is 29.9 Å². The van der Waals surface area contributed by atoms with E-state index in [1.165, 1.54) is 0 Å². The third-order valence-electron chi connectivity index (χ3n) is 4.64. The van der Waals surface area contributed by atoms with Crippen LogP contribution in [0.25, 0.3) is 11.0 Å². The van der Waals surface area contributed by atoms with E-state index in [2.05, 4.69) is 21.4 Å². The zero-order chi connectivity index (χ0) is 18.8. The lowest BCUT2D eigenvalue weighted by Crippen LogP contribution is -2.34. The minimum absolute atomic E-state index is 0.0394. The van der Waals surface area contributed by atoms with Crippen molar-refractivity contribution >= 4 is 34.1 Å². The number of methoxy groups -OCH3 is 1. The molecule has 0 fully saturated rings. The predicted octanol–water partition coefficient (Wildman–Crippen LogP) is 3.29. The first kappa shape index (κ1) is 17.4. The van der Waals surface area contributed by atoms with Gasteiger partial charge in [-0.25, -0.2) is 5.01 Å². The number of hydrazone groups is 1. The van der Waals surface area contributed by atoms with Crippen molar-refractivity contribution in [1.82, 2.24) is 20.3 Å². The minimum Gasteiger partial charge on any atom is -0.497 e. The van der Waals surface area contributed by atoms with Crippen molar-refractivity contribution in [3.63, 3.8) is 0 Å². The molecule has 0 spiro atoms. The summed E-state index contributed by atoms with van der Waals surface area (Å²) in [7, 11) is 3.47. The van der Waals surface area contributed by atoms with Crippen molar-refractivity contribution < 1.29 is 4.74 Å². The fraction of sp³-hybridized carbons (Fsp3) is 0.200. The normalized spacial score (nSPS) is 16.3. The van der Waals surface area contributed by atoms with Crippen LogP contribution in [-0.2, 0) is 0 Å². The van der Waals surface area contributed by atoms with Gasteiger partial charge in [-0.3, -0.25) is 9.97 Å². The maximum atomic E-state index is 5.51. The molecule has 1 N–H and O–H groups in total. The Morgan fingerprint density at radius 1 is 1.15 bits per heavy atom. The Labute approximate surface area is 162 Å². The van der Waals surface area contributed by atoms with E-state index < -0.39 is 0 Å². The van der Waals surface area contributed by atoms with Gasteiger partial charge in [0, 0.05) is 31.4 Å². The lowest BCUT2D eigenvalue weighted by Gasteiger charge is -2.24. The lowest BCUT2D eigenvalue weighted by molar-refractivity contribution is 0.368. The molecule has 0 saturated carbocycles. The molecule has 6 nitrogen and oxygen atoms in total. The highest BCUT2D eigenvalue weighted by molar-refractivity contribution is 7.80. The summed E-state index contributed by atoms with van der Waals surface area (Å²) in [5, 5.41) is 10.3. The van der Waals surface area contributed by atoms with Gasteiger partial charge in [0.1, 0.15) is 5.75 Å². The van der Waals surface area contributed by atoms with Crippen LogP contribution in [0.2, 0.25) is 0 Å². The Bertz CT molecular complexity index is 1010. The van der Waals surface area contributed by atoms with Gasteiger partial charge in [0.2, 0.25) is 0 Å². The number of nitrogens with one attached hydrogen (secondary N) is 1. The molecule has 0 saturated heterocycles. The maximum Gasteiger partial charge on any atom is 0.189 e. The van der Waals surface area contributed by atoms with E-state index in [-0.39, 0.29) is 6.04 Å². The molecule has 2 heterocycles. The van der Waals surface area contributed by atoms with Crippen molar-refractivity contribution in [3.8, 4) is 5.75 Å². The Kier molecular flexibility index (Phi) is 4.68. The SMILES string of the molecule is CNC(=S)N1N=C(c2ccc(OC)cc2)C[C@H]1c1cccc2nccnc12. The largest absolute Gasteiger partial charge is 0.497 e. The highest BCUT2D eigenvalue weighted by Gasteiger charge is 2.32. The van der Waals surface area contributed by atoms with Crippen LogP contribution >= 0.6 is 12.2 Å². The van der Waals surface area contributed by atoms with E-state index >= 15 is 0 Å². The summed E-state index contributed by atoms with van der Waals surface area (Å²) in [6.07, 6.45) is 4.15. The fourth-order valence-corrected chi connectivity index (χ4v) is 3.46. The van der Waals surface area contributed by atoms with Crippen LogP contribution in [0.4, 0.5) is 0 Å². The molecule has 1 aliphatic rings. The van der Waals surface area contributed by atoms with Gasteiger partial charge in [0.15, 0.2) is 5.11 Å². The summed E-state index contributed by atoms with van der Waals surface area (Å²) >= 11 is 5.51. The molecule has 0 bridgehead atoms. The number of fused-ring (bicyclic) bond motifs is 1. The summed E-state index contributed by atoms with van der Waals surface area (Å²) in [5.41, 5.74) is 4.82. The average Bonchev–Trinajstić information content (AvgIpc) is 3.18. The first-order chi connectivity index (χ1) is 13.2. The quantitative estimate of drug-likeness (QED) is 0.707. The molecule has 0 unspecified atom stereocenters. The topological polar surface area (TPSA) is 62.6 Å². The minimum atomic E-state index is -0.0394. The number of hydrogen-bond acceptors (Lipinski definition) is 5. The maximum absolute atomic E-state index is 5.51. The highest BCUT2D eigenvalue weighted by Crippen LogP contribution is 2.35. The van der Waals surface area contributed by atoms with Gasteiger partial charge in [-0.1, -0.05) is 12.1 Å². The molecule has 2 aromatic carbocycles. The van der Waals surface area contributed by atoms with E-state index in [9.17, 15) is 0 Å². The number of para-hydroxylation sites is 1. The molecule has 136 valence electrons. The molecular formula is C20H19N5OS. The molecule has 0 amide bonds. The smallest absolute Gasteiger partial charge is 0.189 e.